The molecule has 0 saturated heterocycles. The molecule has 0 radical (unpaired) electrons. The summed E-state index contributed by atoms with van der Waals surface area (Å²) in [6, 6.07) is 0. The first-order valence-electron chi connectivity index (χ1n) is 7.75. The van der Waals surface area contributed by atoms with Crippen LogP contribution in [0.5, 0.6) is 0 Å². The molecule has 1 aliphatic carbocycles. The summed E-state index contributed by atoms with van der Waals surface area (Å²) < 4.78 is 7.63. The lowest BCUT2D eigenvalue weighted by atomic mass is 9.69. The van der Waals surface area contributed by atoms with E-state index in [1.807, 2.05) is 13.8 Å². The summed E-state index contributed by atoms with van der Waals surface area (Å²) in [5.41, 5.74) is 0.0311. The average molecular weight is 313 g/mol. The highest BCUT2D eigenvalue weighted by Gasteiger charge is 2.46. The first-order valence-corrected chi connectivity index (χ1v) is 8.13. The summed E-state index contributed by atoms with van der Waals surface area (Å²) >= 11 is 6.20. The maximum absolute atomic E-state index is 13.1. The monoisotopic (exact) mass is 312 g/mol. The second-order valence-electron chi connectivity index (χ2n) is 6.58. The number of aromatic nitrogens is 2. The number of carbonyl (C=O) groups is 1. The maximum atomic E-state index is 13.1. The molecule has 1 saturated carbocycles. The van der Waals surface area contributed by atoms with Gasteiger partial charge in [0.25, 0.3) is 0 Å². The largest absolute Gasteiger partial charge is 0.367 e. The fourth-order valence-corrected chi connectivity index (χ4v) is 3.31. The van der Waals surface area contributed by atoms with Crippen LogP contribution in [0, 0.1) is 5.41 Å². The maximum Gasteiger partial charge on any atom is 0.214 e. The van der Waals surface area contributed by atoms with Gasteiger partial charge >= 0.3 is 0 Å². The molecule has 0 N–H and O–H groups in total. The lowest BCUT2D eigenvalue weighted by Crippen LogP contribution is -2.47. The van der Waals surface area contributed by atoms with Crippen molar-refractivity contribution in [2.24, 2.45) is 5.41 Å². The molecule has 0 aromatic carbocycles. The number of aryl methyl sites for hydroxylation is 1. The lowest BCUT2D eigenvalue weighted by molar-refractivity contribution is -0.0585. The molecule has 4 nitrogen and oxygen atoms in total. The summed E-state index contributed by atoms with van der Waals surface area (Å²) in [6.07, 6.45) is 5.01. The predicted octanol–water partition coefficient (Wildman–Crippen LogP) is 4.11. The van der Waals surface area contributed by atoms with Gasteiger partial charge in [-0.3, -0.25) is 9.48 Å². The van der Waals surface area contributed by atoms with Crippen LogP contribution >= 0.6 is 11.6 Å². The zero-order valence-corrected chi connectivity index (χ0v) is 14.2. The van der Waals surface area contributed by atoms with Gasteiger partial charge in [-0.25, -0.2) is 0 Å². The Balaban J connectivity index is 2.34. The van der Waals surface area contributed by atoms with Crippen molar-refractivity contribution in [1.82, 2.24) is 9.78 Å². The van der Waals surface area contributed by atoms with Gasteiger partial charge in [0.05, 0.1) is 11.2 Å². The normalized spacial score (nSPS) is 20.4. The SMILES string of the molecule is CCOC1(C(=O)c2c(Cl)cnn2CC)CCC(C)(C)CC1. The summed E-state index contributed by atoms with van der Waals surface area (Å²) in [4.78, 5) is 13.1. The molecule has 2 rings (SSSR count). The number of carbonyl (C=O) groups excluding carboxylic acids is 1. The van der Waals surface area contributed by atoms with Crippen LogP contribution in [-0.2, 0) is 11.3 Å². The van der Waals surface area contributed by atoms with Crippen LogP contribution in [0.2, 0.25) is 5.02 Å². The molecule has 1 aromatic heterocycles. The first kappa shape index (κ1) is 16.5. The Labute approximate surface area is 131 Å². The van der Waals surface area contributed by atoms with Crippen LogP contribution in [0.25, 0.3) is 0 Å². The first-order chi connectivity index (χ1) is 9.85. The minimum Gasteiger partial charge on any atom is -0.367 e. The fraction of sp³-hybridized carbons (Fsp3) is 0.750. The Morgan fingerprint density at radius 3 is 2.48 bits per heavy atom. The highest BCUT2D eigenvalue weighted by atomic mass is 35.5. The van der Waals surface area contributed by atoms with Crippen molar-refractivity contribution in [2.45, 2.75) is 65.5 Å². The van der Waals surface area contributed by atoms with Gasteiger partial charge in [-0.15, -0.1) is 0 Å². The van der Waals surface area contributed by atoms with Crippen LogP contribution in [-0.4, -0.2) is 27.8 Å². The summed E-state index contributed by atoms with van der Waals surface area (Å²) in [5, 5.41) is 4.60. The van der Waals surface area contributed by atoms with Crippen molar-refractivity contribution in [3.63, 3.8) is 0 Å². The van der Waals surface area contributed by atoms with E-state index in [1.165, 1.54) is 0 Å². The molecule has 1 aliphatic rings. The third kappa shape index (κ3) is 3.16. The molecular formula is C16H25ClN2O2. The molecule has 5 heteroatoms. The molecule has 21 heavy (non-hydrogen) atoms. The predicted molar refractivity (Wildman–Crippen MR) is 83.8 cm³/mol. The second kappa shape index (κ2) is 6.09. The third-order valence-corrected chi connectivity index (χ3v) is 4.83. The molecule has 0 atom stereocenters. The molecule has 1 aromatic rings. The van der Waals surface area contributed by atoms with E-state index < -0.39 is 5.60 Å². The van der Waals surface area contributed by atoms with Crippen LogP contribution in [0.15, 0.2) is 6.20 Å². The Morgan fingerprint density at radius 1 is 1.33 bits per heavy atom. The van der Waals surface area contributed by atoms with Crippen molar-refractivity contribution in [3.05, 3.63) is 16.9 Å². The van der Waals surface area contributed by atoms with E-state index in [0.717, 1.165) is 25.7 Å². The van der Waals surface area contributed by atoms with Crippen LogP contribution in [0.3, 0.4) is 0 Å². The van der Waals surface area contributed by atoms with E-state index in [-0.39, 0.29) is 11.2 Å². The van der Waals surface area contributed by atoms with Gasteiger partial charge in [0.15, 0.2) is 0 Å². The van der Waals surface area contributed by atoms with Gasteiger partial charge in [0.1, 0.15) is 11.3 Å². The minimum absolute atomic E-state index is 0.01000. The number of ether oxygens (including phenoxy) is 1. The molecule has 1 fully saturated rings. The zero-order valence-electron chi connectivity index (χ0n) is 13.4. The van der Waals surface area contributed by atoms with Gasteiger partial charge in [-0.1, -0.05) is 25.4 Å². The smallest absolute Gasteiger partial charge is 0.214 e. The van der Waals surface area contributed by atoms with E-state index in [9.17, 15) is 4.79 Å². The standard InChI is InChI=1S/C16H25ClN2O2/c1-5-19-13(12(17)11-18-19)14(20)16(21-6-2)9-7-15(3,4)8-10-16/h11H,5-10H2,1-4H3. The van der Waals surface area contributed by atoms with Crippen molar-refractivity contribution < 1.29 is 9.53 Å². The molecule has 0 unspecified atom stereocenters. The highest BCUT2D eigenvalue weighted by molar-refractivity contribution is 6.34. The minimum atomic E-state index is -0.735. The number of hydrogen-bond donors (Lipinski definition) is 0. The summed E-state index contributed by atoms with van der Waals surface area (Å²) in [7, 11) is 0. The highest BCUT2D eigenvalue weighted by Crippen LogP contribution is 2.44. The van der Waals surface area contributed by atoms with E-state index in [0.29, 0.717) is 23.9 Å². The van der Waals surface area contributed by atoms with E-state index in [2.05, 4.69) is 18.9 Å². The number of halogens is 1. The van der Waals surface area contributed by atoms with Gasteiger partial charge < -0.3 is 4.74 Å². The molecule has 118 valence electrons. The number of Topliss-reactive ketones (excluding diaryl/α,β-unsaturated/α-hetero) is 1. The van der Waals surface area contributed by atoms with Crippen LogP contribution in [0.4, 0.5) is 0 Å². The topological polar surface area (TPSA) is 44.1 Å². The van der Waals surface area contributed by atoms with Crippen molar-refractivity contribution >= 4 is 17.4 Å². The number of nitrogens with zero attached hydrogens (tertiary/aromatic N) is 2. The Bertz CT molecular complexity index is 512. The van der Waals surface area contributed by atoms with Crippen LogP contribution < -0.4 is 0 Å². The quantitative estimate of drug-likeness (QED) is 0.768. The Kier molecular flexibility index (Phi) is 4.79. The second-order valence-corrected chi connectivity index (χ2v) is 6.98. The average Bonchev–Trinajstić information content (AvgIpc) is 2.82. The Morgan fingerprint density at radius 2 is 1.95 bits per heavy atom. The molecule has 0 aliphatic heterocycles. The van der Waals surface area contributed by atoms with E-state index >= 15 is 0 Å². The lowest BCUT2D eigenvalue weighted by Gasteiger charge is -2.42. The summed E-state index contributed by atoms with van der Waals surface area (Å²) in [6.45, 7) is 9.55. The van der Waals surface area contributed by atoms with Crippen molar-refractivity contribution in [2.75, 3.05) is 6.61 Å². The van der Waals surface area contributed by atoms with Crippen LogP contribution in [0.1, 0.15) is 63.9 Å². The fourth-order valence-electron chi connectivity index (χ4n) is 3.09. The van der Waals surface area contributed by atoms with Gasteiger partial charge in [-0.2, -0.15) is 5.10 Å². The van der Waals surface area contributed by atoms with Gasteiger partial charge in [0.2, 0.25) is 5.78 Å². The molecule has 1 heterocycles. The molecule has 0 spiro atoms. The number of ketones is 1. The zero-order chi connectivity index (χ0) is 15.7. The van der Waals surface area contributed by atoms with Gasteiger partial charge in [-0.05, 0) is 44.9 Å². The van der Waals surface area contributed by atoms with Crippen molar-refractivity contribution in [1.29, 1.82) is 0 Å². The number of hydrogen-bond acceptors (Lipinski definition) is 3. The third-order valence-electron chi connectivity index (χ3n) is 4.56. The van der Waals surface area contributed by atoms with Gasteiger partial charge in [0, 0.05) is 13.2 Å². The van der Waals surface area contributed by atoms with E-state index in [1.54, 1.807) is 10.9 Å². The molecule has 0 amide bonds. The molecule has 0 bridgehead atoms. The Hall–Kier alpha value is -0.870. The summed E-state index contributed by atoms with van der Waals surface area (Å²) in [5.74, 6) is -0.01000. The number of rotatable bonds is 5. The molecular weight excluding hydrogens is 288 g/mol. The van der Waals surface area contributed by atoms with Crippen molar-refractivity contribution in [3.8, 4) is 0 Å². The van der Waals surface area contributed by atoms with E-state index in [4.69, 9.17) is 16.3 Å².